The highest BCUT2D eigenvalue weighted by Crippen LogP contribution is 2.40. The first-order valence-corrected chi connectivity index (χ1v) is 16.5. The Kier molecular flexibility index (Phi) is 12.2. The number of rotatable bonds is 5. The maximum atomic E-state index is 13.8. The van der Waals surface area contributed by atoms with Crippen LogP contribution in [-0.2, 0) is 42.8 Å². The summed E-state index contributed by atoms with van der Waals surface area (Å²) in [4.78, 5) is 55.5. The van der Waals surface area contributed by atoms with Crippen molar-refractivity contribution in [2.75, 3.05) is 21.1 Å². The van der Waals surface area contributed by atoms with E-state index in [2.05, 4.69) is 0 Å². The van der Waals surface area contributed by atoms with Crippen LogP contribution in [0, 0.1) is 17.8 Å². The molecule has 3 heterocycles. The van der Waals surface area contributed by atoms with Crippen molar-refractivity contribution in [2.24, 2.45) is 17.8 Å². The molecule has 0 aromatic heterocycles. The highest BCUT2D eigenvalue weighted by atomic mass is 16.8. The van der Waals surface area contributed by atoms with E-state index in [-0.39, 0.29) is 30.9 Å². The van der Waals surface area contributed by atoms with Crippen LogP contribution >= 0.6 is 0 Å². The molecule has 0 aromatic rings. The fourth-order valence-electron chi connectivity index (χ4n) is 7.48. The maximum Gasteiger partial charge on any atom is 0.509 e. The molecule has 3 rings (SSSR count). The number of cyclic esters (lactones) is 1. The lowest BCUT2D eigenvalue weighted by atomic mass is 9.80. The summed E-state index contributed by atoms with van der Waals surface area (Å²) >= 11 is 0. The number of carbonyl (C=O) groups excluding carboxylic acids is 4. The largest absolute Gasteiger partial charge is 0.509 e. The molecule has 0 aromatic carbocycles. The first-order chi connectivity index (χ1) is 21.2. The summed E-state index contributed by atoms with van der Waals surface area (Å²) in [7, 11) is 5.42. The minimum Gasteiger partial charge on any atom is -0.458 e. The van der Waals surface area contributed by atoms with Gasteiger partial charge in [0, 0.05) is 20.0 Å². The van der Waals surface area contributed by atoms with Gasteiger partial charge in [-0.25, -0.2) is 4.79 Å². The number of amides is 1. The molecule has 13 atom stereocenters. The topological polar surface area (TPSA) is 150 Å². The molecule has 1 amide bonds. The minimum absolute atomic E-state index is 0.100. The third-order valence-electron chi connectivity index (χ3n) is 10.0. The number of hydrogen-bond donors (Lipinski definition) is 1. The SMILES string of the molecule is CC[C@H]1OC(=O)[C@H](C)C[C@H](C)[C@@H](O[C@@H]2O[C@H](C)C[C@H](N(C)C)[C@H]2OC(C)=O)[C@](C)(O)C[C@@H](C)N(C)C(=O)[C@H](C)[C@H]2OC(=O)O[C@@]21C. The van der Waals surface area contributed by atoms with Crippen LogP contribution in [0.15, 0.2) is 0 Å². The molecule has 46 heavy (non-hydrogen) atoms. The van der Waals surface area contributed by atoms with Gasteiger partial charge >= 0.3 is 18.1 Å². The number of esters is 2. The molecule has 0 saturated carbocycles. The van der Waals surface area contributed by atoms with Gasteiger partial charge in [0.2, 0.25) is 5.91 Å². The number of fused-ring (bicyclic) bond motifs is 1. The van der Waals surface area contributed by atoms with Crippen LogP contribution in [0.3, 0.4) is 0 Å². The third-order valence-corrected chi connectivity index (χ3v) is 10.0. The van der Waals surface area contributed by atoms with Crippen molar-refractivity contribution in [1.82, 2.24) is 9.80 Å². The van der Waals surface area contributed by atoms with E-state index in [1.54, 1.807) is 41.7 Å². The van der Waals surface area contributed by atoms with E-state index in [0.717, 1.165) is 0 Å². The number of hydrogen-bond acceptors (Lipinski definition) is 12. The van der Waals surface area contributed by atoms with E-state index in [0.29, 0.717) is 12.8 Å². The van der Waals surface area contributed by atoms with Crippen LogP contribution in [0.4, 0.5) is 4.79 Å². The van der Waals surface area contributed by atoms with Crippen LogP contribution in [0.25, 0.3) is 0 Å². The van der Waals surface area contributed by atoms with Gasteiger partial charge < -0.3 is 43.3 Å². The molecular formula is C33H56N2O11. The quantitative estimate of drug-likeness (QED) is 0.342. The first kappa shape index (κ1) is 38.0. The number of ether oxygens (including phenoxy) is 6. The molecule has 0 aliphatic carbocycles. The lowest BCUT2D eigenvalue weighted by Gasteiger charge is -2.47. The fraction of sp³-hybridized carbons (Fsp3) is 0.879. The van der Waals surface area contributed by atoms with Crippen molar-refractivity contribution >= 4 is 24.0 Å². The van der Waals surface area contributed by atoms with Gasteiger partial charge in [0.25, 0.3) is 0 Å². The van der Waals surface area contributed by atoms with E-state index < -0.39 is 83.8 Å². The zero-order chi connectivity index (χ0) is 34.9. The summed E-state index contributed by atoms with van der Waals surface area (Å²) < 4.78 is 35.7. The molecule has 1 N–H and O–H groups in total. The number of aliphatic hydroxyl groups is 1. The lowest BCUT2D eigenvalue weighted by molar-refractivity contribution is -0.297. The van der Waals surface area contributed by atoms with Crippen LogP contribution in [0.1, 0.15) is 88.0 Å². The van der Waals surface area contributed by atoms with Crippen LogP contribution in [0.2, 0.25) is 0 Å². The molecule has 3 aliphatic rings. The van der Waals surface area contributed by atoms with Crippen LogP contribution < -0.4 is 0 Å². The molecule has 0 radical (unpaired) electrons. The van der Waals surface area contributed by atoms with Gasteiger partial charge in [0.05, 0.1) is 35.7 Å². The Balaban J connectivity index is 2.05. The second kappa shape index (κ2) is 14.7. The Morgan fingerprint density at radius 2 is 1.70 bits per heavy atom. The Hall–Kier alpha value is -2.48. The molecule has 3 fully saturated rings. The summed E-state index contributed by atoms with van der Waals surface area (Å²) in [5, 5.41) is 12.2. The smallest absolute Gasteiger partial charge is 0.458 e. The van der Waals surface area contributed by atoms with E-state index >= 15 is 0 Å². The Bertz CT molecular complexity index is 1120. The Morgan fingerprint density at radius 1 is 1.07 bits per heavy atom. The molecule has 13 heteroatoms. The summed E-state index contributed by atoms with van der Waals surface area (Å²) in [5.41, 5.74) is -2.94. The van der Waals surface area contributed by atoms with Crippen molar-refractivity contribution in [3.8, 4) is 0 Å². The molecule has 13 nitrogen and oxygen atoms in total. The summed E-state index contributed by atoms with van der Waals surface area (Å²) in [5.74, 6) is -3.25. The molecular weight excluding hydrogens is 600 g/mol. The lowest BCUT2D eigenvalue weighted by Crippen LogP contribution is -2.59. The van der Waals surface area contributed by atoms with Crippen LogP contribution in [0.5, 0.6) is 0 Å². The van der Waals surface area contributed by atoms with Crippen molar-refractivity contribution in [2.45, 2.75) is 148 Å². The van der Waals surface area contributed by atoms with E-state index in [9.17, 15) is 24.3 Å². The van der Waals surface area contributed by atoms with Crippen molar-refractivity contribution in [3.05, 3.63) is 0 Å². The van der Waals surface area contributed by atoms with Gasteiger partial charge in [-0.15, -0.1) is 0 Å². The van der Waals surface area contributed by atoms with Gasteiger partial charge in [-0.05, 0) is 80.3 Å². The highest BCUT2D eigenvalue weighted by Gasteiger charge is 2.58. The van der Waals surface area contributed by atoms with Gasteiger partial charge in [-0.3, -0.25) is 14.4 Å². The van der Waals surface area contributed by atoms with Gasteiger partial charge in [-0.2, -0.15) is 0 Å². The highest BCUT2D eigenvalue weighted by molar-refractivity contribution is 5.80. The van der Waals surface area contributed by atoms with E-state index in [4.69, 9.17) is 28.4 Å². The standard InChI is InChI=1S/C33H56N2O11/c1-13-24-33(9)27(45-31(39)46-33)21(6)28(37)35(12)19(4)16-32(8,40)26(17(2)14-18(3)29(38)43-24)44-30-25(42-22(7)36)23(34(10)11)15-20(5)41-30/h17-21,23-27,30,40H,13-16H2,1-12H3/t17-,18+,19+,20+,21+,23-,24+,25+,26+,27+,30-,32+,33+/m0/s1. The molecule has 3 saturated heterocycles. The average molecular weight is 657 g/mol. The average Bonchev–Trinajstić information content (AvgIpc) is 3.27. The molecule has 0 bridgehead atoms. The predicted molar refractivity (Wildman–Crippen MR) is 166 cm³/mol. The van der Waals surface area contributed by atoms with Gasteiger partial charge in [-0.1, -0.05) is 20.8 Å². The predicted octanol–water partition coefficient (Wildman–Crippen LogP) is 3.28. The normalized spacial score (nSPS) is 43.1. The second-order valence-corrected chi connectivity index (χ2v) is 14.4. The summed E-state index contributed by atoms with van der Waals surface area (Å²) in [6.45, 7) is 15.4. The fourth-order valence-corrected chi connectivity index (χ4v) is 7.48. The summed E-state index contributed by atoms with van der Waals surface area (Å²) in [6, 6.07) is -0.693. The van der Waals surface area contributed by atoms with E-state index in [1.165, 1.54) is 11.8 Å². The van der Waals surface area contributed by atoms with Crippen LogP contribution in [-0.4, -0.2) is 120 Å². The van der Waals surface area contributed by atoms with Crippen molar-refractivity contribution < 1.29 is 52.7 Å². The van der Waals surface area contributed by atoms with E-state index in [1.807, 2.05) is 39.8 Å². The zero-order valence-corrected chi connectivity index (χ0v) is 29.6. The van der Waals surface area contributed by atoms with Crippen molar-refractivity contribution in [1.29, 1.82) is 0 Å². The molecule has 0 unspecified atom stereocenters. The third kappa shape index (κ3) is 8.14. The first-order valence-electron chi connectivity index (χ1n) is 16.5. The van der Waals surface area contributed by atoms with Crippen molar-refractivity contribution in [3.63, 3.8) is 0 Å². The Labute approximate surface area is 273 Å². The number of nitrogens with zero attached hydrogens (tertiary/aromatic N) is 2. The maximum absolute atomic E-state index is 13.8. The zero-order valence-electron chi connectivity index (χ0n) is 29.6. The molecule has 3 aliphatic heterocycles. The summed E-state index contributed by atoms with van der Waals surface area (Å²) in [6.07, 6.45) is -4.45. The van der Waals surface area contributed by atoms with Gasteiger partial charge in [0.15, 0.2) is 24.1 Å². The Morgan fingerprint density at radius 3 is 2.26 bits per heavy atom. The number of likely N-dealkylation sites (N-methyl/N-ethyl adjacent to an activating group) is 1. The second-order valence-electron chi connectivity index (χ2n) is 14.4. The minimum atomic E-state index is -1.54. The molecule has 264 valence electrons. The molecule has 0 spiro atoms. The number of carbonyl (C=O) groups is 4. The monoisotopic (exact) mass is 656 g/mol. The van der Waals surface area contributed by atoms with Gasteiger partial charge in [0.1, 0.15) is 6.10 Å².